The first kappa shape index (κ1) is 17.7. The molecule has 0 aromatic carbocycles. The molecule has 0 aliphatic carbocycles. The minimum absolute atomic E-state index is 0.0203. The zero-order valence-electron chi connectivity index (χ0n) is 15.1. The van der Waals surface area contributed by atoms with Crippen LogP contribution in [0.4, 0.5) is 11.8 Å². The van der Waals surface area contributed by atoms with E-state index in [9.17, 15) is 9.59 Å². The van der Waals surface area contributed by atoms with E-state index >= 15 is 0 Å². The van der Waals surface area contributed by atoms with E-state index < -0.39 is 0 Å². The number of carbonyl (C=O) groups excluding carboxylic acids is 2. The van der Waals surface area contributed by atoms with Gasteiger partial charge in [0.2, 0.25) is 11.9 Å². The van der Waals surface area contributed by atoms with E-state index in [0.29, 0.717) is 29.8 Å². The van der Waals surface area contributed by atoms with Crippen LogP contribution in [0.1, 0.15) is 30.4 Å². The van der Waals surface area contributed by atoms with Gasteiger partial charge in [0.05, 0.1) is 12.9 Å². The molecule has 0 fully saturated rings. The molecule has 3 aromatic heterocycles. The Morgan fingerprint density at radius 2 is 2.21 bits per heavy atom. The SMILES string of the molecule is CCOC(=O)CNc1ncc([C@@H]2CC(=O)Nc3n[nH]c(-c4ccco4)c32)cn1. The lowest BCUT2D eigenvalue weighted by Crippen LogP contribution is -2.23. The van der Waals surface area contributed by atoms with Crippen molar-refractivity contribution in [2.24, 2.45) is 0 Å². The van der Waals surface area contributed by atoms with E-state index in [2.05, 4.69) is 30.8 Å². The maximum Gasteiger partial charge on any atom is 0.325 e. The predicted molar refractivity (Wildman–Crippen MR) is 98.5 cm³/mol. The van der Waals surface area contributed by atoms with Crippen molar-refractivity contribution >= 4 is 23.6 Å². The Bertz CT molecular complexity index is 980. The second kappa shape index (κ2) is 7.51. The Kier molecular flexibility index (Phi) is 4.75. The third-order valence-corrected chi connectivity index (χ3v) is 4.34. The number of carbonyl (C=O) groups is 2. The first-order chi connectivity index (χ1) is 13.7. The zero-order chi connectivity index (χ0) is 19.5. The van der Waals surface area contributed by atoms with Gasteiger partial charge in [0.1, 0.15) is 12.2 Å². The first-order valence-corrected chi connectivity index (χ1v) is 8.79. The minimum atomic E-state index is -0.384. The van der Waals surface area contributed by atoms with Crippen molar-refractivity contribution in [3.63, 3.8) is 0 Å². The highest BCUT2D eigenvalue weighted by Gasteiger charge is 2.33. The van der Waals surface area contributed by atoms with E-state index in [1.165, 1.54) is 0 Å². The average molecular weight is 382 g/mol. The van der Waals surface area contributed by atoms with Gasteiger partial charge in [-0.2, -0.15) is 5.10 Å². The quantitative estimate of drug-likeness (QED) is 0.550. The molecule has 0 unspecified atom stereocenters. The van der Waals surface area contributed by atoms with Crippen LogP contribution in [0, 0.1) is 0 Å². The lowest BCUT2D eigenvalue weighted by Gasteiger charge is -2.22. The van der Waals surface area contributed by atoms with E-state index in [1.807, 2.05) is 6.07 Å². The second-order valence-electron chi connectivity index (χ2n) is 6.14. The van der Waals surface area contributed by atoms with Crippen LogP contribution in [0.5, 0.6) is 0 Å². The molecule has 3 aromatic rings. The molecule has 0 spiro atoms. The van der Waals surface area contributed by atoms with Gasteiger partial charge in [0.15, 0.2) is 11.6 Å². The Morgan fingerprint density at radius 1 is 1.39 bits per heavy atom. The summed E-state index contributed by atoms with van der Waals surface area (Å²) in [5, 5.41) is 12.7. The van der Waals surface area contributed by atoms with Crippen LogP contribution in [0.25, 0.3) is 11.5 Å². The molecule has 1 aliphatic rings. The summed E-state index contributed by atoms with van der Waals surface area (Å²) in [6.07, 6.45) is 5.07. The first-order valence-electron chi connectivity index (χ1n) is 8.79. The fourth-order valence-corrected chi connectivity index (χ4v) is 3.12. The van der Waals surface area contributed by atoms with E-state index in [0.717, 1.165) is 11.1 Å². The van der Waals surface area contributed by atoms with Gasteiger partial charge in [-0.1, -0.05) is 0 Å². The fourth-order valence-electron chi connectivity index (χ4n) is 3.12. The number of nitrogens with zero attached hydrogens (tertiary/aromatic N) is 3. The summed E-state index contributed by atoms with van der Waals surface area (Å²) in [6, 6.07) is 3.60. The molecular formula is C18H18N6O4. The van der Waals surface area contributed by atoms with Gasteiger partial charge >= 0.3 is 5.97 Å². The number of anilines is 2. The largest absolute Gasteiger partial charge is 0.465 e. The number of ether oxygens (including phenoxy) is 1. The highest BCUT2D eigenvalue weighted by Crippen LogP contribution is 2.41. The molecule has 144 valence electrons. The van der Waals surface area contributed by atoms with Crippen molar-refractivity contribution in [3.8, 4) is 11.5 Å². The number of hydrogen-bond donors (Lipinski definition) is 3. The van der Waals surface area contributed by atoms with Gasteiger partial charge in [-0.25, -0.2) is 9.97 Å². The highest BCUT2D eigenvalue weighted by atomic mass is 16.5. The van der Waals surface area contributed by atoms with Crippen LogP contribution in [-0.4, -0.2) is 45.2 Å². The smallest absolute Gasteiger partial charge is 0.325 e. The third-order valence-electron chi connectivity index (χ3n) is 4.34. The zero-order valence-corrected chi connectivity index (χ0v) is 15.1. The molecule has 0 bridgehead atoms. The number of nitrogens with one attached hydrogen (secondary N) is 3. The summed E-state index contributed by atoms with van der Waals surface area (Å²) in [6.45, 7) is 2.03. The molecule has 0 saturated carbocycles. The predicted octanol–water partition coefficient (Wildman–Crippen LogP) is 1.91. The molecule has 1 atom stereocenters. The van der Waals surface area contributed by atoms with Gasteiger partial charge in [0, 0.05) is 30.3 Å². The Hall–Kier alpha value is -3.69. The van der Waals surface area contributed by atoms with Crippen LogP contribution >= 0.6 is 0 Å². The number of H-pyrrole nitrogens is 1. The maximum absolute atomic E-state index is 12.1. The number of hydrogen-bond acceptors (Lipinski definition) is 8. The molecule has 1 amide bonds. The van der Waals surface area contributed by atoms with Crippen molar-refractivity contribution in [1.29, 1.82) is 0 Å². The molecule has 0 radical (unpaired) electrons. The van der Waals surface area contributed by atoms with Gasteiger partial charge in [-0.15, -0.1) is 0 Å². The van der Waals surface area contributed by atoms with Crippen LogP contribution in [0.15, 0.2) is 35.2 Å². The van der Waals surface area contributed by atoms with Crippen LogP contribution in [0.2, 0.25) is 0 Å². The molecule has 3 N–H and O–H groups in total. The Labute approximate surface area is 159 Å². The normalized spacial score (nSPS) is 15.6. The van der Waals surface area contributed by atoms with Crippen molar-refractivity contribution in [3.05, 3.63) is 41.9 Å². The molecule has 0 saturated heterocycles. The van der Waals surface area contributed by atoms with E-state index in [-0.39, 0.29) is 30.8 Å². The van der Waals surface area contributed by atoms with Crippen molar-refractivity contribution in [2.75, 3.05) is 23.8 Å². The van der Waals surface area contributed by atoms with Gasteiger partial charge in [-0.3, -0.25) is 14.7 Å². The molecule has 10 nitrogen and oxygen atoms in total. The number of aromatic nitrogens is 4. The van der Waals surface area contributed by atoms with Crippen LogP contribution in [-0.2, 0) is 14.3 Å². The Morgan fingerprint density at radius 3 is 2.93 bits per heavy atom. The summed E-state index contributed by atoms with van der Waals surface area (Å²) in [4.78, 5) is 32.0. The van der Waals surface area contributed by atoms with Crippen LogP contribution in [0.3, 0.4) is 0 Å². The topological polar surface area (TPSA) is 135 Å². The highest BCUT2D eigenvalue weighted by molar-refractivity contribution is 5.95. The number of esters is 1. The molecule has 4 heterocycles. The lowest BCUT2D eigenvalue weighted by molar-refractivity contribution is -0.140. The lowest BCUT2D eigenvalue weighted by atomic mass is 9.86. The fraction of sp³-hybridized carbons (Fsp3) is 0.278. The summed E-state index contributed by atoms with van der Waals surface area (Å²) in [5.41, 5.74) is 2.28. The molecule has 28 heavy (non-hydrogen) atoms. The monoisotopic (exact) mass is 382 g/mol. The summed E-state index contributed by atoms with van der Waals surface area (Å²) >= 11 is 0. The number of furan rings is 1. The average Bonchev–Trinajstić information content (AvgIpc) is 3.36. The standard InChI is InChI=1S/C18H18N6O4/c1-2-27-14(26)9-21-18-19-7-10(8-20-18)11-6-13(25)22-17-15(11)16(23-24-17)12-4-3-5-28-12/h3-5,7-8,11H,2,6,9H2,1H3,(H,19,20,21)(H2,22,23,24,25)/t11-/m0/s1. The molecule has 10 heteroatoms. The van der Waals surface area contributed by atoms with Crippen molar-refractivity contribution in [2.45, 2.75) is 19.3 Å². The van der Waals surface area contributed by atoms with Gasteiger partial charge in [-0.05, 0) is 24.6 Å². The summed E-state index contributed by atoms with van der Waals surface area (Å²) in [5.74, 6) is 0.600. The number of fused-ring (bicyclic) bond motifs is 1. The van der Waals surface area contributed by atoms with Crippen LogP contribution < -0.4 is 10.6 Å². The second-order valence-corrected chi connectivity index (χ2v) is 6.14. The molecule has 4 rings (SSSR count). The van der Waals surface area contributed by atoms with E-state index in [4.69, 9.17) is 9.15 Å². The summed E-state index contributed by atoms with van der Waals surface area (Å²) in [7, 11) is 0. The third kappa shape index (κ3) is 3.43. The van der Waals surface area contributed by atoms with Gasteiger partial charge < -0.3 is 19.8 Å². The maximum atomic E-state index is 12.1. The number of amides is 1. The minimum Gasteiger partial charge on any atom is -0.465 e. The van der Waals surface area contributed by atoms with Crippen molar-refractivity contribution in [1.82, 2.24) is 20.2 Å². The number of rotatable bonds is 6. The Balaban J connectivity index is 1.59. The summed E-state index contributed by atoms with van der Waals surface area (Å²) < 4.78 is 10.3. The van der Waals surface area contributed by atoms with Crippen molar-refractivity contribution < 1.29 is 18.7 Å². The molecule has 1 aliphatic heterocycles. The molecular weight excluding hydrogens is 364 g/mol. The number of aromatic amines is 1. The van der Waals surface area contributed by atoms with Gasteiger partial charge in [0.25, 0.3) is 0 Å². The van der Waals surface area contributed by atoms with E-state index in [1.54, 1.807) is 31.6 Å².